The fraction of sp³-hybridized carbons (Fsp3) is 0.500. The molecule has 1 unspecified atom stereocenters. The normalized spacial score (nSPS) is 18.4. The maximum absolute atomic E-state index is 15.9. The van der Waals surface area contributed by atoms with Gasteiger partial charge in [0.15, 0.2) is 28.1 Å². The van der Waals surface area contributed by atoms with Crippen LogP contribution in [-0.2, 0) is 72.2 Å². The molecule has 7 rings (SSSR count). The fourth-order valence-electron chi connectivity index (χ4n) is 8.99. The van der Waals surface area contributed by atoms with Crippen molar-refractivity contribution in [3.63, 3.8) is 0 Å². The van der Waals surface area contributed by atoms with Crippen molar-refractivity contribution < 1.29 is 75.1 Å². The van der Waals surface area contributed by atoms with Gasteiger partial charge in [-0.3, -0.25) is 23.9 Å². The SMILES string of the molecule is C[C@H]1C2[C@H]1c1c(C(F)(F)F)nn(CC(=O)N[C@@H](Cc3cc(F)cc(F)c3)c3nc(CCC(C)(C)S(C)(=O)=O)ccc3-c3ccc(Cl)c4c(N(COC(=O)C(C)(C)C)S(C)(=O)=O)nn(CC(F)(F)F)c34)c1C2(F)F. The van der Waals surface area contributed by atoms with Crippen LogP contribution in [0.2, 0.25) is 5.02 Å². The summed E-state index contributed by atoms with van der Waals surface area (Å²) < 4.78 is 205. The summed E-state index contributed by atoms with van der Waals surface area (Å²) in [6.45, 7) is 4.30. The van der Waals surface area contributed by atoms with E-state index in [1.165, 1.54) is 59.7 Å². The molecule has 1 amide bonds. The van der Waals surface area contributed by atoms with Crippen molar-refractivity contribution in [2.75, 3.05) is 23.5 Å². The molecule has 3 heterocycles. The smallest absolute Gasteiger partial charge is 0.435 e. The summed E-state index contributed by atoms with van der Waals surface area (Å²) in [6, 6.07) is 5.46. The lowest BCUT2D eigenvalue weighted by Crippen LogP contribution is -2.36. The number of hydrogen-bond donors (Lipinski definition) is 1. The van der Waals surface area contributed by atoms with Crippen LogP contribution in [0.5, 0.6) is 0 Å². The number of ether oxygens (including phenoxy) is 1. The van der Waals surface area contributed by atoms with Crippen LogP contribution in [0.15, 0.2) is 42.5 Å². The van der Waals surface area contributed by atoms with Crippen molar-refractivity contribution in [2.24, 2.45) is 17.3 Å². The summed E-state index contributed by atoms with van der Waals surface area (Å²) in [4.78, 5) is 31.8. The lowest BCUT2D eigenvalue weighted by Gasteiger charge is -2.25. The van der Waals surface area contributed by atoms with E-state index in [0.717, 1.165) is 24.5 Å². The number of alkyl halides is 8. The Bertz CT molecular complexity index is 3240. The number of halogens is 11. The number of hydrogen-bond acceptors (Lipinski definition) is 10. The molecule has 27 heteroatoms. The molecule has 0 saturated heterocycles. The van der Waals surface area contributed by atoms with Crippen molar-refractivity contribution in [2.45, 2.75) is 109 Å². The van der Waals surface area contributed by atoms with Gasteiger partial charge in [0.05, 0.1) is 44.1 Å². The number of anilines is 1. The van der Waals surface area contributed by atoms with Crippen LogP contribution >= 0.6 is 11.6 Å². The standard InChI is InChI=1S/C46H48ClF10N7O7S2/c1-22-32-34-38(46(55,56)57)60-62(39(34)45(53,54)35(22)32)19-31(65)59-30(17-23-15-24(48)18-25(49)16-23)36-27(10-9-26(58-36)13-14-43(5,6)72(7,67)68)28-11-12-29(47)33-37(28)63(20-44(50,51)52)61-40(33)64(73(8,69)70)21-71-41(66)42(2,3)4/h9-12,15-16,18,22,30,32,35H,13-14,17,19-21H2,1-8H3,(H,59,65)/t22-,30+,32-,35?/m1/s1. The van der Waals surface area contributed by atoms with Gasteiger partial charge in [0, 0.05) is 46.5 Å². The van der Waals surface area contributed by atoms with Crippen LogP contribution in [0.25, 0.3) is 22.0 Å². The molecule has 1 saturated carbocycles. The molecule has 0 bridgehead atoms. The Labute approximate surface area is 417 Å². The van der Waals surface area contributed by atoms with Crippen LogP contribution in [0.1, 0.15) is 93.8 Å². The van der Waals surface area contributed by atoms with Crippen molar-refractivity contribution in [3.8, 4) is 11.1 Å². The Morgan fingerprint density at radius 3 is 2.08 bits per heavy atom. The van der Waals surface area contributed by atoms with Gasteiger partial charge in [-0.15, -0.1) is 0 Å². The average molecular weight is 1100 g/mol. The number of pyridine rings is 1. The molecule has 0 radical (unpaired) electrons. The molecular formula is C46H48ClF10N7O7S2. The first-order valence-corrected chi connectivity index (χ1v) is 26.3. The summed E-state index contributed by atoms with van der Waals surface area (Å²) in [6.07, 6.45) is -9.52. The Morgan fingerprint density at radius 1 is 0.904 bits per heavy atom. The lowest BCUT2D eigenvalue weighted by atomic mass is 9.93. The Balaban J connectivity index is 1.45. The number of esters is 1. The van der Waals surface area contributed by atoms with E-state index >= 15 is 8.78 Å². The number of fused-ring (bicyclic) bond motifs is 4. The summed E-state index contributed by atoms with van der Waals surface area (Å²) >= 11 is 6.69. The predicted octanol–water partition coefficient (Wildman–Crippen LogP) is 9.43. The monoisotopic (exact) mass is 1100 g/mol. The lowest BCUT2D eigenvalue weighted by molar-refractivity contribution is -0.152. The highest BCUT2D eigenvalue weighted by molar-refractivity contribution is 7.92. The summed E-state index contributed by atoms with van der Waals surface area (Å²) in [5.41, 5.74) is -6.12. The number of aromatic nitrogens is 5. The Hall–Kier alpha value is -5.50. The van der Waals surface area contributed by atoms with Crippen LogP contribution in [0.3, 0.4) is 0 Å². The molecule has 2 aliphatic carbocycles. The number of carbonyl (C=O) groups is 2. The van der Waals surface area contributed by atoms with Gasteiger partial charge in [0.25, 0.3) is 5.92 Å². The fourth-order valence-corrected chi connectivity index (χ4v) is 10.4. The number of nitrogens with one attached hydrogen (secondary N) is 1. The summed E-state index contributed by atoms with van der Waals surface area (Å²) in [5, 5.41) is 9.16. The third-order valence-electron chi connectivity index (χ3n) is 13.0. The number of carbonyl (C=O) groups excluding carboxylic acids is 2. The molecule has 4 atom stereocenters. The minimum absolute atomic E-state index is 0.0754. The van der Waals surface area contributed by atoms with Crippen LogP contribution in [0.4, 0.5) is 49.7 Å². The van der Waals surface area contributed by atoms with Gasteiger partial charge in [-0.1, -0.05) is 30.7 Å². The zero-order valence-electron chi connectivity index (χ0n) is 40.1. The van der Waals surface area contributed by atoms with Crippen LogP contribution in [-0.4, -0.2) is 83.4 Å². The van der Waals surface area contributed by atoms with Crippen molar-refractivity contribution in [1.82, 2.24) is 29.9 Å². The zero-order valence-corrected chi connectivity index (χ0v) is 42.5. The van der Waals surface area contributed by atoms with E-state index in [-0.39, 0.29) is 50.6 Å². The highest BCUT2D eigenvalue weighted by Gasteiger charge is 2.72. The molecule has 0 aliphatic heterocycles. The van der Waals surface area contributed by atoms with E-state index in [9.17, 15) is 61.5 Å². The first kappa shape index (κ1) is 55.3. The number of amides is 1. The van der Waals surface area contributed by atoms with Crippen molar-refractivity contribution in [1.29, 1.82) is 0 Å². The van der Waals surface area contributed by atoms with E-state index in [4.69, 9.17) is 21.3 Å². The van der Waals surface area contributed by atoms with Gasteiger partial charge < -0.3 is 10.1 Å². The Kier molecular flexibility index (Phi) is 14.2. The molecule has 2 aromatic carbocycles. The number of rotatable bonds is 16. The van der Waals surface area contributed by atoms with E-state index in [0.29, 0.717) is 21.3 Å². The Morgan fingerprint density at radius 2 is 1.52 bits per heavy atom. The highest BCUT2D eigenvalue weighted by Crippen LogP contribution is 2.71. The van der Waals surface area contributed by atoms with Crippen LogP contribution in [0, 0.1) is 28.9 Å². The van der Waals surface area contributed by atoms with Gasteiger partial charge in [-0.05, 0) is 89.6 Å². The quantitative estimate of drug-likeness (QED) is 0.0569. The van der Waals surface area contributed by atoms with Gasteiger partial charge >= 0.3 is 18.3 Å². The van der Waals surface area contributed by atoms with Crippen molar-refractivity contribution in [3.05, 3.63) is 93.0 Å². The summed E-state index contributed by atoms with van der Waals surface area (Å²) in [7, 11) is -8.30. The zero-order chi connectivity index (χ0) is 54.5. The molecular weight excluding hydrogens is 1050 g/mol. The second kappa shape index (κ2) is 18.7. The number of sulfonamides is 1. The molecule has 1 fully saturated rings. The number of sulfone groups is 1. The highest BCUT2D eigenvalue weighted by atomic mass is 35.5. The maximum atomic E-state index is 15.9. The van der Waals surface area contributed by atoms with E-state index < -0.39 is 156 Å². The number of aryl methyl sites for hydroxylation is 1. The van der Waals surface area contributed by atoms with Gasteiger partial charge in [0.1, 0.15) is 30.4 Å². The molecule has 0 spiro atoms. The van der Waals surface area contributed by atoms with Crippen LogP contribution < -0.4 is 9.62 Å². The van der Waals surface area contributed by atoms with E-state index in [2.05, 4.69) is 15.5 Å². The number of benzene rings is 2. The third-order valence-corrected chi connectivity index (χ3v) is 16.6. The van der Waals surface area contributed by atoms with E-state index in [1.807, 2.05) is 0 Å². The molecule has 5 aromatic rings. The molecule has 14 nitrogen and oxygen atoms in total. The molecule has 398 valence electrons. The molecule has 3 aromatic heterocycles. The second-order valence-corrected chi connectivity index (χ2v) is 25.0. The minimum Gasteiger partial charge on any atom is -0.443 e. The molecule has 1 N–H and O–H groups in total. The molecule has 73 heavy (non-hydrogen) atoms. The summed E-state index contributed by atoms with van der Waals surface area (Å²) in [5.74, 6) is -12.6. The topological polar surface area (TPSA) is 175 Å². The van der Waals surface area contributed by atoms with Gasteiger partial charge in [0.2, 0.25) is 15.9 Å². The first-order valence-electron chi connectivity index (χ1n) is 22.2. The maximum Gasteiger partial charge on any atom is 0.435 e. The van der Waals surface area contributed by atoms with Gasteiger partial charge in [-0.25, -0.2) is 29.9 Å². The third kappa shape index (κ3) is 11.2. The molecule has 2 aliphatic rings. The van der Waals surface area contributed by atoms with E-state index in [1.54, 1.807) is 0 Å². The van der Waals surface area contributed by atoms with Crippen molar-refractivity contribution >= 4 is 60.1 Å². The largest absolute Gasteiger partial charge is 0.443 e. The predicted molar refractivity (Wildman–Crippen MR) is 246 cm³/mol. The number of nitrogens with zero attached hydrogens (tertiary/aromatic N) is 6. The van der Waals surface area contributed by atoms with Gasteiger partial charge in [-0.2, -0.15) is 45.3 Å². The minimum atomic E-state index is -5.22. The average Bonchev–Trinajstić information content (AvgIpc) is 3.44. The second-order valence-electron chi connectivity index (χ2n) is 20.0. The first-order chi connectivity index (χ1) is 33.3.